The summed E-state index contributed by atoms with van der Waals surface area (Å²) in [5, 5.41) is 12.8. The first kappa shape index (κ1) is 21.5. The van der Waals surface area contributed by atoms with E-state index in [4.69, 9.17) is 33.0 Å². The minimum Gasteiger partial charge on any atom is -0.478 e. The lowest BCUT2D eigenvalue weighted by molar-refractivity contribution is 0.0697. The Morgan fingerprint density at radius 2 is 1.59 bits per heavy atom. The monoisotopic (exact) mass is 466 g/mol. The van der Waals surface area contributed by atoms with Crippen molar-refractivity contribution in [3.8, 4) is 23.1 Å². The number of aryl methyl sites for hydroxylation is 1. The molecular formula is C23H16Cl2N4O3. The van der Waals surface area contributed by atoms with E-state index < -0.39 is 5.97 Å². The third-order valence-electron chi connectivity index (χ3n) is 4.50. The Labute approximate surface area is 193 Å². The predicted octanol–water partition coefficient (Wildman–Crippen LogP) is 6.39. The highest BCUT2D eigenvalue weighted by atomic mass is 35.5. The Bertz CT molecular complexity index is 1280. The quantitative estimate of drug-likeness (QED) is 0.339. The van der Waals surface area contributed by atoms with Crippen molar-refractivity contribution < 1.29 is 14.6 Å². The number of halogens is 2. The van der Waals surface area contributed by atoms with Crippen LogP contribution >= 0.6 is 23.2 Å². The molecule has 0 aliphatic rings. The second-order valence-electron chi connectivity index (χ2n) is 6.74. The zero-order chi connectivity index (χ0) is 22.7. The summed E-state index contributed by atoms with van der Waals surface area (Å²) >= 11 is 12.5. The second kappa shape index (κ2) is 9.21. The molecular weight excluding hydrogens is 451 g/mol. The summed E-state index contributed by atoms with van der Waals surface area (Å²) in [7, 11) is 0. The van der Waals surface area contributed by atoms with E-state index in [9.17, 15) is 4.79 Å². The first-order valence-electron chi connectivity index (χ1n) is 9.45. The molecule has 4 aromatic rings. The van der Waals surface area contributed by atoms with E-state index in [-0.39, 0.29) is 23.3 Å². The van der Waals surface area contributed by atoms with Crippen LogP contribution in [0.4, 0.5) is 11.6 Å². The lowest BCUT2D eigenvalue weighted by atomic mass is 10.1. The lowest BCUT2D eigenvalue weighted by Crippen LogP contribution is -2.04. The van der Waals surface area contributed by atoms with Gasteiger partial charge in [0, 0.05) is 11.3 Å². The number of rotatable bonds is 6. The molecule has 0 aliphatic heterocycles. The number of nitrogens with zero attached hydrogens (tertiary/aromatic N) is 3. The molecule has 32 heavy (non-hydrogen) atoms. The number of carboxylic acid groups (broad SMARTS) is 1. The summed E-state index contributed by atoms with van der Waals surface area (Å²) in [5.41, 5.74) is 2.54. The number of aromatic nitrogens is 3. The fraction of sp³-hybridized carbons (Fsp3) is 0.0435. The standard InChI is InChI=1S/C23H16Cl2N4O3/c1-13-5-2-3-6-16(13)20-27-22(26-15-11-9-14(10-12-15)21(30)31)29-23(28-20)32-19-17(24)7-4-8-18(19)25/h2-12H,1H3,(H,30,31)(H,26,27,28,29). The van der Waals surface area contributed by atoms with Gasteiger partial charge in [0.15, 0.2) is 11.6 Å². The van der Waals surface area contributed by atoms with Crippen LogP contribution in [-0.2, 0) is 0 Å². The molecule has 0 fully saturated rings. The minimum atomic E-state index is -1.01. The van der Waals surface area contributed by atoms with E-state index in [1.54, 1.807) is 30.3 Å². The molecule has 4 rings (SSSR count). The van der Waals surface area contributed by atoms with Crippen LogP contribution in [0, 0.1) is 6.92 Å². The zero-order valence-corrected chi connectivity index (χ0v) is 18.2. The smallest absolute Gasteiger partial charge is 0.335 e. The molecule has 0 unspecified atom stereocenters. The average Bonchev–Trinajstić information content (AvgIpc) is 2.77. The number of aromatic carboxylic acids is 1. The van der Waals surface area contributed by atoms with Gasteiger partial charge < -0.3 is 15.2 Å². The molecule has 0 atom stereocenters. The fourth-order valence-corrected chi connectivity index (χ4v) is 3.37. The molecule has 1 aromatic heterocycles. The van der Waals surface area contributed by atoms with Crippen molar-refractivity contribution in [1.29, 1.82) is 0 Å². The van der Waals surface area contributed by atoms with Gasteiger partial charge in [0.05, 0.1) is 15.6 Å². The van der Waals surface area contributed by atoms with E-state index in [0.717, 1.165) is 11.1 Å². The Morgan fingerprint density at radius 1 is 0.906 bits per heavy atom. The number of anilines is 2. The Balaban J connectivity index is 1.75. The normalized spacial score (nSPS) is 10.6. The van der Waals surface area contributed by atoms with Gasteiger partial charge in [-0.05, 0) is 48.9 Å². The van der Waals surface area contributed by atoms with Gasteiger partial charge in [-0.2, -0.15) is 15.0 Å². The average molecular weight is 467 g/mol. The molecule has 0 saturated carbocycles. The van der Waals surface area contributed by atoms with Crippen molar-refractivity contribution in [3.63, 3.8) is 0 Å². The van der Waals surface area contributed by atoms with Crippen LogP contribution in [0.2, 0.25) is 10.0 Å². The molecule has 0 amide bonds. The molecule has 9 heteroatoms. The number of hydrogen-bond donors (Lipinski definition) is 2. The van der Waals surface area contributed by atoms with Gasteiger partial charge in [0.25, 0.3) is 0 Å². The highest BCUT2D eigenvalue weighted by Crippen LogP contribution is 2.35. The summed E-state index contributed by atoms with van der Waals surface area (Å²) in [6, 6.07) is 18.8. The van der Waals surface area contributed by atoms with Crippen molar-refractivity contribution in [1.82, 2.24) is 15.0 Å². The van der Waals surface area contributed by atoms with Crippen LogP contribution in [-0.4, -0.2) is 26.0 Å². The van der Waals surface area contributed by atoms with Gasteiger partial charge in [-0.15, -0.1) is 0 Å². The molecule has 0 bridgehead atoms. The topological polar surface area (TPSA) is 97.2 Å². The van der Waals surface area contributed by atoms with Crippen LogP contribution in [0.3, 0.4) is 0 Å². The summed E-state index contributed by atoms with van der Waals surface area (Å²) in [4.78, 5) is 24.4. The van der Waals surface area contributed by atoms with Crippen LogP contribution in [0.5, 0.6) is 11.8 Å². The Morgan fingerprint density at radius 3 is 2.25 bits per heavy atom. The minimum absolute atomic E-state index is 0.00194. The first-order chi connectivity index (χ1) is 15.4. The Hall–Kier alpha value is -3.68. The van der Waals surface area contributed by atoms with Crippen molar-refractivity contribution in [3.05, 3.63) is 87.9 Å². The number of hydrogen-bond acceptors (Lipinski definition) is 6. The van der Waals surface area contributed by atoms with Gasteiger partial charge in [0.2, 0.25) is 5.95 Å². The Kier molecular flexibility index (Phi) is 6.20. The summed E-state index contributed by atoms with van der Waals surface area (Å²) < 4.78 is 5.83. The van der Waals surface area contributed by atoms with E-state index in [1.807, 2.05) is 31.2 Å². The van der Waals surface area contributed by atoms with Crippen LogP contribution in [0.1, 0.15) is 15.9 Å². The SMILES string of the molecule is Cc1ccccc1-c1nc(Nc2ccc(C(=O)O)cc2)nc(Oc2c(Cl)cccc2Cl)n1. The van der Waals surface area contributed by atoms with Crippen LogP contribution in [0.15, 0.2) is 66.7 Å². The van der Waals surface area contributed by atoms with Gasteiger partial charge >= 0.3 is 12.0 Å². The molecule has 2 N–H and O–H groups in total. The zero-order valence-electron chi connectivity index (χ0n) is 16.7. The summed E-state index contributed by atoms with van der Waals surface area (Å²) in [5.74, 6) is -0.180. The third-order valence-corrected chi connectivity index (χ3v) is 5.10. The van der Waals surface area contributed by atoms with Crippen molar-refractivity contribution in [2.24, 2.45) is 0 Å². The molecule has 0 spiro atoms. The van der Waals surface area contributed by atoms with E-state index in [0.29, 0.717) is 21.6 Å². The number of ether oxygens (including phenoxy) is 1. The highest BCUT2D eigenvalue weighted by Gasteiger charge is 2.15. The number of para-hydroxylation sites is 1. The molecule has 160 valence electrons. The summed E-state index contributed by atoms with van der Waals surface area (Å²) in [6.45, 7) is 1.95. The van der Waals surface area contributed by atoms with Crippen LogP contribution < -0.4 is 10.1 Å². The number of carbonyl (C=O) groups is 1. The van der Waals surface area contributed by atoms with E-state index >= 15 is 0 Å². The number of benzene rings is 3. The molecule has 0 saturated heterocycles. The van der Waals surface area contributed by atoms with Gasteiger partial charge in [-0.3, -0.25) is 0 Å². The molecule has 0 aliphatic carbocycles. The number of carboxylic acids is 1. The van der Waals surface area contributed by atoms with Gasteiger partial charge in [0.1, 0.15) is 0 Å². The molecule has 3 aromatic carbocycles. The molecule has 0 radical (unpaired) electrons. The van der Waals surface area contributed by atoms with Crippen LogP contribution in [0.25, 0.3) is 11.4 Å². The first-order valence-corrected chi connectivity index (χ1v) is 10.2. The maximum atomic E-state index is 11.1. The van der Waals surface area contributed by atoms with E-state index in [2.05, 4.69) is 20.3 Å². The fourth-order valence-electron chi connectivity index (χ4n) is 2.90. The summed E-state index contributed by atoms with van der Waals surface area (Å²) in [6.07, 6.45) is 0. The lowest BCUT2D eigenvalue weighted by Gasteiger charge is -2.12. The van der Waals surface area contributed by atoms with Crippen molar-refractivity contribution >= 4 is 40.8 Å². The molecule has 1 heterocycles. The largest absolute Gasteiger partial charge is 0.478 e. The maximum absolute atomic E-state index is 11.1. The van der Waals surface area contributed by atoms with Gasteiger partial charge in [-0.1, -0.05) is 53.5 Å². The maximum Gasteiger partial charge on any atom is 0.335 e. The molecule has 7 nitrogen and oxygen atoms in total. The second-order valence-corrected chi connectivity index (χ2v) is 7.55. The van der Waals surface area contributed by atoms with Crippen molar-refractivity contribution in [2.45, 2.75) is 6.92 Å². The van der Waals surface area contributed by atoms with Crippen molar-refractivity contribution in [2.75, 3.05) is 5.32 Å². The van der Waals surface area contributed by atoms with Gasteiger partial charge in [-0.25, -0.2) is 4.79 Å². The van der Waals surface area contributed by atoms with E-state index in [1.165, 1.54) is 12.1 Å². The highest BCUT2D eigenvalue weighted by molar-refractivity contribution is 6.37. The third kappa shape index (κ3) is 4.80. The number of nitrogens with one attached hydrogen (secondary N) is 1. The predicted molar refractivity (Wildman–Crippen MR) is 123 cm³/mol.